The molecule has 0 aliphatic rings. The van der Waals surface area contributed by atoms with Gasteiger partial charge in [0.05, 0.1) is 37.8 Å². The zero-order valence-electron chi connectivity index (χ0n) is 23.6. The van der Waals surface area contributed by atoms with Crippen molar-refractivity contribution in [1.82, 2.24) is 10.2 Å². The zero-order valence-corrected chi connectivity index (χ0v) is 23.6. The second-order valence-electron chi connectivity index (χ2n) is 8.08. The predicted molar refractivity (Wildman–Crippen MR) is 154 cm³/mol. The van der Waals surface area contributed by atoms with Gasteiger partial charge in [0.1, 0.15) is 0 Å². The molecule has 0 aliphatic carbocycles. The maximum atomic E-state index is 11.3. The number of amides is 2. The van der Waals surface area contributed by atoms with Gasteiger partial charge in [-0.15, -0.1) is 10.2 Å². The first-order chi connectivity index (χ1) is 19.3. The summed E-state index contributed by atoms with van der Waals surface area (Å²) in [5, 5.41) is 61.0. The minimum Gasteiger partial charge on any atom is -0.395 e. The van der Waals surface area contributed by atoms with Crippen molar-refractivity contribution >= 4 is 28.8 Å². The smallest absolute Gasteiger partial charge is 0.361 e. The third-order valence-corrected chi connectivity index (χ3v) is 4.75. The van der Waals surface area contributed by atoms with Crippen LogP contribution in [0.4, 0.5) is 27.5 Å². The molecule has 0 saturated carbocycles. The molecule has 0 aliphatic heterocycles. The summed E-state index contributed by atoms with van der Waals surface area (Å²) in [5.41, 5.74) is 2.90. The summed E-state index contributed by atoms with van der Waals surface area (Å²) in [6.45, 7) is 1.88. The molecular weight excluding hydrogens is 518 g/mol. The lowest BCUT2D eigenvalue weighted by Crippen LogP contribution is -2.29. The van der Waals surface area contributed by atoms with Crippen LogP contribution in [0.1, 0.15) is 0 Å². The highest BCUT2D eigenvalue weighted by Gasteiger charge is 2.06. The molecule has 2 aromatic rings. The third-order valence-electron chi connectivity index (χ3n) is 4.75. The van der Waals surface area contributed by atoms with Gasteiger partial charge < -0.3 is 40.4 Å². The van der Waals surface area contributed by atoms with E-state index in [1.807, 2.05) is 23.9 Å². The van der Waals surface area contributed by atoms with Crippen molar-refractivity contribution < 1.29 is 25.2 Å². The van der Waals surface area contributed by atoms with Gasteiger partial charge in [0.25, 0.3) is 0 Å². The molecule has 220 valence electrons. The number of hydrogen-bond acceptors (Lipinski definition) is 12. The van der Waals surface area contributed by atoms with E-state index in [2.05, 4.69) is 25.8 Å². The minimum absolute atomic E-state index is 0.0127. The Hall–Kier alpha value is -4.00. The second-order valence-corrected chi connectivity index (χ2v) is 8.08. The monoisotopic (exact) mass is 559 g/mol. The van der Waals surface area contributed by atoms with E-state index in [0.717, 1.165) is 11.4 Å². The number of aliphatic hydroxyl groups is 4. The molecule has 5 N–H and O–H groups in total. The van der Waals surface area contributed by atoms with Gasteiger partial charge in [-0.3, -0.25) is 0 Å². The number of nitriles is 1. The van der Waals surface area contributed by atoms with Crippen molar-refractivity contribution in [3.05, 3.63) is 48.5 Å². The third kappa shape index (κ3) is 15.4. The van der Waals surface area contributed by atoms with Crippen LogP contribution in [0.15, 0.2) is 69.0 Å². The van der Waals surface area contributed by atoms with Gasteiger partial charge >= 0.3 is 6.03 Å². The lowest BCUT2D eigenvalue weighted by molar-refractivity contribution is 0.225. The Morgan fingerprint density at radius 2 is 1.10 bits per heavy atom. The second kappa shape index (κ2) is 22.9. The average molecular weight is 560 g/mol. The first-order valence-corrected chi connectivity index (χ1v) is 12.5. The van der Waals surface area contributed by atoms with E-state index in [9.17, 15) is 4.79 Å². The SMILES string of the molecule is CN(C)C(=O)N=Nc1ccc(N(CCO)CCO)cc1.CNC.N#CN=Nc1ccc(N(CCO)CCO)cc1. The molecule has 0 fully saturated rings. The van der Waals surface area contributed by atoms with Gasteiger partial charge in [-0.2, -0.15) is 5.26 Å². The first-order valence-electron chi connectivity index (χ1n) is 12.5. The van der Waals surface area contributed by atoms with Crippen LogP contribution in [0, 0.1) is 11.5 Å². The number of anilines is 2. The van der Waals surface area contributed by atoms with Crippen LogP contribution < -0.4 is 15.1 Å². The van der Waals surface area contributed by atoms with Crippen molar-refractivity contribution in [2.24, 2.45) is 20.5 Å². The van der Waals surface area contributed by atoms with Gasteiger partial charge in [-0.25, -0.2) is 4.79 Å². The molecule has 0 radical (unpaired) electrons. The minimum atomic E-state index is -0.420. The van der Waals surface area contributed by atoms with Crippen LogP contribution in [0.3, 0.4) is 0 Å². The van der Waals surface area contributed by atoms with Crippen LogP contribution in [-0.4, -0.2) is 112 Å². The summed E-state index contributed by atoms with van der Waals surface area (Å²) in [6, 6.07) is 13.7. The fourth-order valence-corrected chi connectivity index (χ4v) is 2.95. The van der Waals surface area contributed by atoms with Crippen LogP contribution in [0.2, 0.25) is 0 Å². The summed E-state index contributed by atoms with van der Waals surface area (Å²) in [4.78, 5) is 16.3. The van der Waals surface area contributed by atoms with Crippen LogP contribution >= 0.6 is 0 Å². The number of azo groups is 2. The molecule has 0 heterocycles. The molecule has 2 amide bonds. The first kappa shape index (κ1) is 36.0. The lowest BCUT2D eigenvalue weighted by Gasteiger charge is -2.22. The zero-order chi connectivity index (χ0) is 30.2. The highest BCUT2D eigenvalue weighted by molar-refractivity contribution is 5.74. The molecule has 0 saturated heterocycles. The fourth-order valence-electron chi connectivity index (χ4n) is 2.95. The highest BCUT2D eigenvalue weighted by Crippen LogP contribution is 2.21. The van der Waals surface area contributed by atoms with Crippen molar-refractivity contribution in [1.29, 1.82) is 5.26 Å². The molecule has 0 bridgehead atoms. The summed E-state index contributed by atoms with van der Waals surface area (Å²) >= 11 is 0. The molecular formula is C26H41N9O5. The number of rotatable bonds is 12. The number of hydrogen-bond donors (Lipinski definition) is 5. The molecule has 14 nitrogen and oxygen atoms in total. The number of nitrogens with one attached hydrogen (secondary N) is 1. The normalized spacial score (nSPS) is 10.3. The van der Waals surface area contributed by atoms with Crippen molar-refractivity contribution in [3.63, 3.8) is 0 Å². The summed E-state index contributed by atoms with van der Waals surface area (Å²) in [5.74, 6) is 0. The lowest BCUT2D eigenvalue weighted by atomic mass is 10.2. The molecule has 2 rings (SSSR count). The molecule has 0 unspecified atom stereocenters. The topological polar surface area (TPSA) is 193 Å². The Bertz CT molecular complexity index is 1010. The van der Waals surface area contributed by atoms with E-state index in [4.69, 9.17) is 25.7 Å². The summed E-state index contributed by atoms with van der Waals surface area (Å²) in [6.07, 6.45) is 1.58. The van der Waals surface area contributed by atoms with E-state index in [1.54, 1.807) is 68.8 Å². The number of benzene rings is 2. The summed E-state index contributed by atoms with van der Waals surface area (Å²) < 4.78 is 0. The molecule has 14 heteroatoms. The van der Waals surface area contributed by atoms with Crippen molar-refractivity contribution in [2.45, 2.75) is 0 Å². The Labute approximate surface area is 235 Å². The largest absolute Gasteiger partial charge is 0.395 e. The van der Waals surface area contributed by atoms with Gasteiger partial charge in [-0.05, 0) is 62.6 Å². The van der Waals surface area contributed by atoms with E-state index in [0.29, 0.717) is 37.6 Å². The van der Waals surface area contributed by atoms with E-state index in [1.165, 1.54) is 4.90 Å². The summed E-state index contributed by atoms with van der Waals surface area (Å²) in [7, 11) is 6.96. The van der Waals surface area contributed by atoms with Crippen LogP contribution in [-0.2, 0) is 0 Å². The Balaban J connectivity index is 0.000000699. The standard InChI is InChI=1S/C13H20N4O3.C11H14N4O2.C2H7N/c1-16(2)13(20)15-14-11-3-5-12(6-4-11)17(7-9-18)8-10-19;12-9-13-14-10-1-3-11(4-2-10)15(5-7-16)6-8-17;1-3-2/h3-6,18-19H,7-10H2,1-2H3;1-4,16-17H,5-8H2;3H,1-2H3. The van der Waals surface area contributed by atoms with Gasteiger partial charge in [-0.1, -0.05) is 10.2 Å². The predicted octanol–water partition coefficient (Wildman–Crippen LogP) is 2.12. The molecule has 0 spiro atoms. The van der Waals surface area contributed by atoms with E-state index < -0.39 is 6.03 Å². The molecule has 0 atom stereocenters. The number of nitrogens with zero attached hydrogens (tertiary/aromatic N) is 8. The quantitative estimate of drug-likeness (QED) is 0.191. The maximum Gasteiger partial charge on any atom is 0.361 e. The Kier molecular flexibility index (Phi) is 20.6. The Morgan fingerprint density at radius 3 is 1.40 bits per heavy atom. The van der Waals surface area contributed by atoms with Crippen molar-refractivity contribution in [2.75, 3.05) is 90.6 Å². The molecule has 40 heavy (non-hydrogen) atoms. The van der Waals surface area contributed by atoms with Crippen molar-refractivity contribution in [3.8, 4) is 6.19 Å². The molecule has 2 aromatic carbocycles. The van der Waals surface area contributed by atoms with Crippen LogP contribution in [0.25, 0.3) is 0 Å². The van der Waals surface area contributed by atoms with E-state index in [-0.39, 0.29) is 26.4 Å². The number of carbonyl (C=O) groups excluding carboxylic acids is 1. The number of urea groups is 1. The number of carbonyl (C=O) groups is 1. The molecule has 0 aromatic heterocycles. The van der Waals surface area contributed by atoms with E-state index >= 15 is 0 Å². The average Bonchev–Trinajstić information content (AvgIpc) is 2.96. The Morgan fingerprint density at radius 1 is 0.750 bits per heavy atom. The maximum absolute atomic E-state index is 11.3. The van der Waals surface area contributed by atoms with Gasteiger partial charge in [0.15, 0.2) is 0 Å². The van der Waals surface area contributed by atoms with Gasteiger partial charge in [0, 0.05) is 51.6 Å². The fraction of sp³-hybridized carbons (Fsp3) is 0.462. The number of aliphatic hydroxyl groups excluding tert-OH is 4. The highest BCUT2D eigenvalue weighted by atomic mass is 16.3. The van der Waals surface area contributed by atoms with Crippen LogP contribution in [0.5, 0.6) is 0 Å². The van der Waals surface area contributed by atoms with Gasteiger partial charge in [0.2, 0.25) is 6.19 Å².